The zero-order valence-electron chi connectivity index (χ0n) is 26.2. The molecule has 0 saturated carbocycles. The molecule has 0 atom stereocenters. The third-order valence-electron chi connectivity index (χ3n) is 9.90. The molecule has 0 fully saturated rings. The zero-order valence-corrected chi connectivity index (χ0v) is 27.0. The Labute approximate surface area is 284 Å². The smallest absolute Gasteiger partial charge is 0.165 e. The summed E-state index contributed by atoms with van der Waals surface area (Å²) in [6.45, 7) is 0. The third-order valence-corrected chi connectivity index (χ3v) is 11.1. The first kappa shape index (κ1) is 26.7. The monoisotopic (exact) mass is 642 g/mol. The molecule has 0 radical (unpaired) electrons. The van der Waals surface area contributed by atoms with Crippen LogP contribution < -0.4 is 0 Å². The molecule has 0 aliphatic heterocycles. The van der Waals surface area contributed by atoms with E-state index in [1.165, 1.54) is 52.8 Å². The summed E-state index contributed by atoms with van der Waals surface area (Å²) in [5.74, 6) is 0.828. The largest absolute Gasteiger partial charge is 0.309 e. The predicted molar refractivity (Wildman–Crippen MR) is 207 cm³/mol. The Morgan fingerprint density at radius 2 is 0.980 bits per heavy atom. The molecular formula is C44H26N4S. The van der Waals surface area contributed by atoms with E-state index in [9.17, 15) is 0 Å². The number of nitrogens with zero attached hydrogens (tertiary/aromatic N) is 4. The maximum Gasteiger partial charge on any atom is 0.165 e. The highest BCUT2D eigenvalue weighted by molar-refractivity contribution is 7.25. The van der Waals surface area contributed by atoms with Crippen LogP contribution in [0.25, 0.3) is 97.6 Å². The van der Waals surface area contributed by atoms with Gasteiger partial charge in [0.05, 0.1) is 33.1 Å². The van der Waals surface area contributed by atoms with Gasteiger partial charge < -0.3 is 4.57 Å². The Kier molecular flexibility index (Phi) is 5.51. The lowest BCUT2D eigenvalue weighted by molar-refractivity contribution is 1.08. The minimum atomic E-state index is 0.828. The van der Waals surface area contributed by atoms with Crippen molar-refractivity contribution in [1.29, 1.82) is 0 Å². The van der Waals surface area contributed by atoms with Crippen molar-refractivity contribution in [3.8, 4) is 22.8 Å². The van der Waals surface area contributed by atoms with E-state index in [-0.39, 0.29) is 0 Å². The Morgan fingerprint density at radius 3 is 1.73 bits per heavy atom. The maximum atomic E-state index is 5.33. The molecule has 0 aliphatic carbocycles. The molecule has 7 aromatic carbocycles. The van der Waals surface area contributed by atoms with Gasteiger partial charge >= 0.3 is 0 Å². The lowest BCUT2D eigenvalue weighted by Gasteiger charge is -2.14. The van der Waals surface area contributed by atoms with Crippen LogP contribution in [0.15, 0.2) is 158 Å². The van der Waals surface area contributed by atoms with Crippen LogP contribution in [0.1, 0.15) is 0 Å². The summed E-state index contributed by atoms with van der Waals surface area (Å²) in [6, 6.07) is 56.3. The summed E-state index contributed by atoms with van der Waals surface area (Å²) in [4.78, 5) is 10.6. The average Bonchev–Trinajstić information content (AvgIpc) is 3.82. The number of rotatable bonds is 3. The number of aromatic nitrogens is 4. The molecule has 49 heavy (non-hydrogen) atoms. The van der Waals surface area contributed by atoms with Gasteiger partial charge in [-0.2, -0.15) is 0 Å². The number of hydrogen-bond donors (Lipinski definition) is 0. The van der Waals surface area contributed by atoms with E-state index >= 15 is 0 Å². The normalized spacial score (nSPS) is 12.1. The van der Waals surface area contributed by atoms with Crippen LogP contribution in [-0.4, -0.2) is 19.1 Å². The Bertz CT molecular complexity index is 3110. The van der Waals surface area contributed by atoms with Crippen molar-refractivity contribution in [2.45, 2.75) is 0 Å². The molecule has 11 aromatic rings. The molecule has 0 aliphatic rings. The predicted octanol–water partition coefficient (Wildman–Crippen LogP) is 11.9. The molecule has 228 valence electrons. The number of benzene rings is 7. The van der Waals surface area contributed by atoms with E-state index in [2.05, 4.69) is 137 Å². The second-order valence-corrected chi connectivity index (χ2v) is 13.7. The van der Waals surface area contributed by atoms with Gasteiger partial charge in [-0.25, -0.2) is 9.97 Å². The maximum absolute atomic E-state index is 5.33. The quantitative estimate of drug-likeness (QED) is 0.192. The van der Waals surface area contributed by atoms with Crippen LogP contribution in [0.2, 0.25) is 0 Å². The second kappa shape index (κ2) is 10.1. The summed E-state index contributed by atoms with van der Waals surface area (Å²) >= 11 is 1.86. The Balaban J connectivity index is 1.27. The van der Waals surface area contributed by atoms with Crippen LogP contribution in [0.5, 0.6) is 0 Å². The highest BCUT2D eigenvalue weighted by Crippen LogP contribution is 2.44. The fraction of sp³-hybridized carbons (Fsp3) is 0. The molecule has 4 nitrogen and oxygen atoms in total. The molecule has 5 heteroatoms. The molecule has 0 bridgehead atoms. The third kappa shape index (κ3) is 3.79. The minimum Gasteiger partial charge on any atom is -0.309 e. The van der Waals surface area contributed by atoms with Crippen molar-refractivity contribution in [3.63, 3.8) is 0 Å². The average molecular weight is 643 g/mol. The van der Waals surface area contributed by atoms with Gasteiger partial charge in [-0.1, -0.05) is 97.1 Å². The topological polar surface area (TPSA) is 35.6 Å². The SMILES string of the molecule is c1ccc(-c2nc3ccccc3nc2-n2c3ccccc3c3c4c5ccccc5n(-c5ccc6sc7ccccc7c6c5)c4ccc32)cc1. The summed E-state index contributed by atoms with van der Waals surface area (Å²) in [6.07, 6.45) is 0. The highest BCUT2D eigenvalue weighted by Gasteiger charge is 2.23. The highest BCUT2D eigenvalue weighted by atomic mass is 32.1. The van der Waals surface area contributed by atoms with Crippen LogP contribution in [-0.2, 0) is 0 Å². The zero-order chi connectivity index (χ0) is 32.1. The van der Waals surface area contributed by atoms with Gasteiger partial charge in [-0.3, -0.25) is 4.57 Å². The van der Waals surface area contributed by atoms with Crippen LogP contribution in [0.3, 0.4) is 0 Å². The molecule has 0 unspecified atom stereocenters. The number of fused-ring (bicyclic) bond motifs is 11. The van der Waals surface area contributed by atoms with Gasteiger partial charge in [0.25, 0.3) is 0 Å². The lowest BCUT2D eigenvalue weighted by Crippen LogP contribution is -2.03. The molecule has 0 N–H and O–H groups in total. The van der Waals surface area contributed by atoms with Crippen molar-refractivity contribution in [2.75, 3.05) is 0 Å². The first-order chi connectivity index (χ1) is 24.3. The van der Waals surface area contributed by atoms with Gasteiger partial charge in [-0.05, 0) is 60.7 Å². The molecule has 0 amide bonds. The van der Waals surface area contributed by atoms with Crippen molar-refractivity contribution in [3.05, 3.63) is 158 Å². The van der Waals surface area contributed by atoms with E-state index in [4.69, 9.17) is 9.97 Å². The van der Waals surface area contributed by atoms with Crippen LogP contribution in [0.4, 0.5) is 0 Å². The van der Waals surface area contributed by atoms with Gasteiger partial charge in [0, 0.05) is 53.0 Å². The van der Waals surface area contributed by atoms with Crippen molar-refractivity contribution >= 4 is 86.2 Å². The van der Waals surface area contributed by atoms with E-state index in [0.717, 1.165) is 44.8 Å². The van der Waals surface area contributed by atoms with Crippen molar-refractivity contribution in [2.24, 2.45) is 0 Å². The molecule has 4 heterocycles. The van der Waals surface area contributed by atoms with Crippen molar-refractivity contribution in [1.82, 2.24) is 19.1 Å². The second-order valence-electron chi connectivity index (χ2n) is 12.6. The van der Waals surface area contributed by atoms with Gasteiger partial charge in [0.2, 0.25) is 0 Å². The minimum absolute atomic E-state index is 0.828. The first-order valence-corrected chi connectivity index (χ1v) is 17.3. The summed E-state index contributed by atoms with van der Waals surface area (Å²) in [5, 5.41) is 7.49. The Morgan fingerprint density at radius 1 is 0.408 bits per heavy atom. The summed E-state index contributed by atoms with van der Waals surface area (Å²) < 4.78 is 7.38. The molecule has 4 aromatic heterocycles. The van der Waals surface area contributed by atoms with E-state index in [1.54, 1.807) is 0 Å². The van der Waals surface area contributed by atoms with E-state index < -0.39 is 0 Å². The molecule has 0 saturated heterocycles. The van der Waals surface area contributed by atoms with Crippen LogP contribution >= 0.6 is 11.3 Å². The molecule has 0 spiro atoms. The summed E-state index contributed by atoms with van der Waals surface area (Å²) in [5.41, 5.74) is 9.41. The van der Waals surface area contributed by atoms with Crippen molar-refractivity contribution < 1.29 is 0 Å². The number of hydrogen-bond acceptors (Lipinski definition) is 3. The number of para-hydroxylation sites is 4. The van der Waals surface area contributed by atoms with E-state index in [1.807, 2.05) is 41.7 Å². The first-order valence-electron chi connectivity index (χ1n) is 16.5. The van der Waals surface area contributed by atoms with E-state index in [0.29, 0.717) is 0 Å². The van der Waals surface area contributed by atoms with Gasteiger partial charge in [0.1, 0.15) is 5.69 Å². The standard InChI is InChI=1S/C44H26N4S/c1-2-12-27(13-3-1)43-44(46-34-18-8-7-17-33(34)45-43)48-36-20-10-5-16-31(36)42-38(48)24-23-37-41(42)30-15-4-9-19-35(30)47(37)28-22-25-40-32(26-28)29-14-6-11-21-39(29)49-40/h1-26H. The number of thiophene rings is 1. The van der Waals surface area contributed by atoms with Crippen LogP contribution in [0, 0.1) is 0 Å². The molecule has 11 rings (SSSR count). The fourth-order valence-electron chi connectivity index (χ4n) is 7.81. The lowest BCUT2D eigenvalue weighted by atomic mass is 10.1. The summed E-state index contributed by atoms with van der Waals surface area (Å²) in [7, 11) is 0. The molecular weight excluding hydrogens is 617 g/mol. The fourth-order valence-corrected chi connectivity index (χ4v) is 8.90. The van der Waals surface area contributed by atoms with Gasteiger partial charge in [0.15, 0.2) is 5.82 Å². The Hall–Kier alpha value is -6.30. The van der Waals surface area contributed by atoms with Gasteiger partial charge in [-0.15, -0.1) is 11.3 Å².